The highest BCUT2D eigenvalue weighted by Gasteiger charge is 1.92. The van der Waals surface area contributed by atoms with Gasteiger partial charge < -0.3 is 0 Å². The third-order valence-electron chi connectivity index (χ3n) is 1.64. The molecule has 0 aliphatic heterocycles. The van der Waals surface area contributed by atoms with Gasteiger partial charge in [0.05, 0.1) is 0 Å². The monoisotopic (exact) mass is 145 g/mol. The van der Waals surface area contributed by atoms with Crippen LogP contribution in [0.5, 0.6) is 0 Å². The first kappa shape index (κ1) is 6.35. The van der Waals surface area contributed by atoms with E-state index in [9.17, 15) is 4.39 Å². The highest BCUT2D eigenvalue weighted by Crippen LogP contribution is 2.13. The molecule has 0 fully saturated rings. The molecule has 0 atom stereocenters. The van der Waals surface area contributed by atoms with Gasteiger partial charge in [-0.25, -0.2) is 4.39 Å². The van der Waals surface area contributed by atoms with E-state index in [2.05, 4.69) is 6.07 Å². The van der Waals surface area contributed by atoms with Crippen LogP contribution in [0.4, 0.5) is 4.39 Å². The van der Waals surface area contributed by atoms with E-state index >= 15 is 0 Å². The predicted octanol–water partition coefficient (Wildman–Crippen LogP) is 2.78. The molecule has 0 unspecified atom stereocenters. The molecule has 1 radical (unpaired) electrons. The zero-order chi connectivity index (χ0) is 7.68. The van der Waals surface area contributed by atoms with Crippen molar-refractivity contribution < 1.29 is 4.39 Å². The van der Waals surface area contributed by atoms with Crippen molar-refractivity contribution in [2.45, 2.75) is 0 Å². The first-order valence-corrected chi connectivity index (χ1v) is 3.42. The summed E-state index contributed by atoms with van der Waals surface area (Å²) in [5.74, 6) is -0.302. The molecular formula is C10H6F. The second-order valence-corrected chi connectivity index (χ2v) is 2.41. The number of fused-ring (bicyclic) bond motifs is 1. The molecule has 0 aliphatic rings. The maximum absolute atomic E-state index is 12.6. The highest BCUT2D eigenvalue weighted by molar-refractivity contribution is 5.82. The Morgan fingerprint density at radius 3 is 2.64 bits per heavy atom. The minimum Gasteiger partial charge on any atom is -0.206 e. The molecule has 2 rings (SSSR count). The summed E-state index contributed by atoms with van der Waals surface area (Å²) in [5.41, 5.74) is 0. The van der Waals surface area contributed by atoms with E-state index in [1.165, 1.54) is 6.07 Å². The summed E-state index contributed by atoms with van der Waals surface area (Å²) < 4.78 is 12.6. The summed E-state index contributed by atoms with van der Waals surface area (Å²) in [6.07, 6.45) is 0. The van der Waals surface area contributed by atoms with Gasteiger partial charge in [-0.2, -0.15) is 0 Å². The number of hydrogen-bond acceptors (Lipinski definition) is 0. The standard InChI is InChI=1S/C10H6F/c11-10-6-5-8-3-1-2-4-9(8)7-10/h1-5,7H. The normalized spacial score (nSPS) is 10.3. The lowest BCUT2D eigenvalue weighted by molar-refractivity contribution is 0.627. The van der Waals surface area contributed by atoms with Gasteiger partial charge in [0.25, 0.3) is 0 Å². The molecule has 0 aliphatic carbocycles. The molecule has 0 spiro atoms. The second kappa shape index (κ2) is 2.35. The molecule has 0 nitrogen and oxygen atoms in total. The zero-order valence-electron chi connectivity index (χ0n) is 5.84. The lowest BCUT2D eigenvalue weighted by Gasteiger charge is -1.94. The van der Waals surface area contributed by atoms with E-state index in [1.807, 2.05) is 24.3 Å². The van der Waals surface area contributed by atoms with Crippen molar-refractivity contribution in [1.29, 1.82) is 0 Å². The quantitative estimate of drug-likeness (QED) is 0.534. The smallest absolute Gasteiger partial charge is 0.131 e. The lowest BCUT2D eigenvalue weighted by Crippen LogP contribution is -1.74. The fourth-order valence-corrected chi connectivity index (χ4v) is 1.10. The van der Waals surface area contributed by atoms with Crippen molar-refractivity contribution in [3.8, 4) is 0 Å². The van der Waals surface area contributed by atoms with Crippen LogP contribution in [0.1, 0.15) is 0 Å². The number of hydrogen-bond donors (Lipinski definition) is 0. The van der Waals surface area contributed by atoms with Crippen molar-refractivity contribution in [2.75, 3.05) is 0 Å². The molecular weight excluding hydrogens is 139 g/mol. The number of benzene rings is 2. The summed E-state index contributed by atoms with van der Waals surface area (Å²) in [6.45, 7) is 0. The van der Waals surface area contributed by atoms with Gasteiger partial charge in [0.1, 0.15) is 5.82 Å². The van der Waals surface area contributed by atoms with Crippen LogP contribution in [0.15, 0.2) is 36.4 Å². The van der Waals surface area contributed by atoms with E-state index < -0.39 is 0 Å². The summed E-state index contributed by atoms with van der Waals surface area (Å²) in [7, 11) is 0. The topological polar surface area (TPSA) is 0 Å². The van der Waals surface area contributed by atoms with Crippen LogP contribution in [0.2, 0.25) is 0 Å². The minimum absolute atomic E-state index is 0.302. The lowest BCUT2D eigenvalue weighted by atomic mass is 10.1. The number of rotatable bonds is 0. The fraction of sp³-hybridized carbons (Fsp3) is 0. The summed E-state index contributed by atoms with van der Waals surface area (Å²) in [6, 6.07) is 13.3. The predicted molar refractivity (Wildman–Crippen MR) is 42.7 cm³/mol. The van der Waals surface area contributed by atoms with Gasteiger partial charge in [-0.15, -0.1) is 0 Å². The van der Waals surface area contributed by atoms with Crippen molar-refractivity contribution in [2.24, 2.45) is 0 Å². The Kier molecular flexibility index (Phi) is 1.35. The first-order valence-electron chi connectivity index (χ1n) is 3.42. The Bertz CT molecular complexity index is 379. The van der Waals surface area contributed by atoms with Gasteiger partial charge in [-0.05, 0) is 22.9 Å². The molecule has 53 valence electrons. The van der Waals surface area contributed by atoms with Gasteiger partial charge in [-0.3, -0.25) is 0 Å². The van der Waals surface area contributed by atoms with Crippen molar-refractivity contribution in [3.05, 3.63) is 48.3 Å². The van der Waals surface area contributed by atoms with E-state index in [4.69, 9.17) is 0 Å². The fourth-order valence-electron chi connectivity index (χ4n) is 1.10. The molecule has 0 amide bonds. The first-order chi connectivity index (χ1) is 5.36. The van der Waals surface area contributed by atoms with E-state index in [0.29, 0.717) is 0 Å². The van der Waals surface area contributed by atoms with Crippen LogP contribution in [-0.2, 0) is 0 Å². The molecule has 0 saturated carbocycles. The summed E-state index contributed by atoms with van der Waals surface area (Å²) in [5, 5.41) is 1.94. The molecule has 0 bridgehead atoms. The Balaban J connectivity index is 2.83. The molecule has 0 aromatic heterocycles. The Morgan fingerprint density at radius 1 is 1.09 bits per heavy atom. The van der Waals surface area contributed by atoms with Crippen LogP contribution in [-0.4, -0.2) is 0 Å². The maximum atomic E-state index is 12.6. The van der Waals surface area contributed by atoms with Crippen LogP contribution >= 0.6 is 0 Å². The van der Waals surface area contributed by atoms with Gasteiger partial charge >= 0.3 is 0 Å². The molecule has 0 saturated heterocycles. The van der Waals surface area contributed by atoms with Gasteiger partial charge in [0, 0.05) is 6.07 Å². The average Bonchev–Trinajstić information content (AvgIpc) is 2.04. The van der Waals surface area contributed by atoms with Crippen molar-refractivity contribution >= 4 is 10.8 Å². The SMILES string of the molecule is Fc1[c]cc2ccccc2c1. The van der Waals surface area contributed by atoms with Crippen LogP contribution in [0, 0.1) is 11.9 Å². The molecule has 1 heteroatoms. The van der Waals surface area contributed by atoms with Crippen LogP contribution < -0.4 is 0 Å². The summed E-state index contributed by atoms with van der Waals surface area (Å²) in [4.78, 5) is 0. The molecule has 0 heterocycles. The van der Waals surface area contributed by atoms with Crippen molar-refractivity contribution in [3.63, 3.8) is 0 Å². The van der Waals surface area contributed by atoms with E-state index in [0.717, 1.165) is 10.8 Å². The van der Waals surface area contributed by atoms with Crippen LogP contribution in [0.25, 0.3) is 10.8 Å². The average molecular weight is 145 g/mol. The maximum Gasteiger partial charge on any atom is 0.131 e. The van der Waals surface area contributed by atoms with E-state index in [1.54, 1.807) is 6.07 Å². The zero-order valence-corrected chi connectivity index (χ0v) is 5.84. The third-order valence-corrected chi connectivity index (χ3v) is 1.64. The van der Waals surface area contributed by atoms with Crippen LogP contribution in [0.3, 0.4) is 0 Å². The Labute approximate surface area is 64.3 Å². The Morgan fingerprint density at radius 2 is 1.82 bits per heavy atom. The molecule has 2 aromatic carbocycles. The third kappa shape index (κ3) is 1.09. The highest BCUT2D eigenvalue weighted by atomic mass is 19.1. The molecule has 11 heavy (non-hydrogen) atoms. The molecule has 0 N–H and O–H groups in total. The second-order valence-electron chi connectivity index (χ2n) is 2.41. The summed E-state index contributed by atoms with van der Waals surface area (Å²) >= 11 is 0. The molecule has 2 aromatic rings. The van der Waals surface area contributed by atoms with Gasteiger partial charge in [0.15, 0.2) is 0 Å². The largest absolute Gasteiger partial charge is 0.206 e. The van der Waals surface area contributed by atoms with Gasteiger partial charge in [0.2, 0.25) is 0 Å². The van der Waals surface area contributed by atoms with Gasteiger partial charge in [-0.1, -0.05) is 24.3 Å². The minimum atomic E-state index is -0.302. The van der Waals surface area contributed by atoms with E-state index in [-0.39, 0.29) is 5.82 Å². The van der Waals surface area contributed by atoms with Crippen molar-refractivity contribution in [1.82, 2.24) is 0 Å². The number of halogens is 1. The Hall–Kier alpha value is -1.37.